The number of hydrogen-bond donors (Lipinski definition) is 1. The van der Waals surface area contributed by atoms with Crippen LogP contribution < -0.4 is 5.73 Å². The summed E-state index contributed by atoms with van der Waals surface area (Å²) in [6.45, 7) is 2.05. The molecule has 6 nitrogen and oxygen atoms in total. The SMILES string of the molecule is Cc1nc(CN(C)S(=O)(=O)c2cccnc2C(N)=S)cs1. The van der Waals surface area contributed by atoms with Gasteiger partial charge in [0, 0.05) is 18.6 Å². The second-order valence-electron chi connectivity index (χ2n) is 4.33. The Kier molecular flexibility index (Phi) is 4.67. The number of aryl methyl sites for hydroxylation is 1. The third kappa shape index (κ3) is 3.43. The number of pyridine rings is 1. The van der Waals surface area contributed by atoms with Gasteiger partial charge in [-0.1, -0.05) is 12.2 Å². The van der Waals surface area contributed by atoms with Crippen molar-refractivity contribution in [3.05, 3.63) is 40.1 Å². The standard InChI is InChI=1S/C12H14N4O2S3/c1-8-15-9(7-20-8)6-16(2)21(17,18)10-4-3-5-14-11(10)12(13)19/h3-5,7H,6H2,1-2H3,(H2,13,19). The molecule has 2 heterocycles. The lowest BCUT2D eigenvalue weighted by molar-refractivity contribution is 0.462. The lowest BCUT2D eigenvalue weighted by Gasteiger charge is -2.17. The van der Waals surface area contributed by atoms with Crippen LogP contribution in [0.15, 0.2) is 28.6 Å². The van der Waals surface area contributed by atoms with Crippen molar-refractivity contribution in [1.82, 2.24) is 14.3 Å². The maximum atomic E-state index is 12.6. The van der Waals surface area contributed by atoms with Crippen molar-refractivity contribution in [2.75, 3.05) is 7.05 Å². The van der Waals surface area contributed by atoms with E-state index in [1.54, 1.807) is 0 Å². The van der Waals surface area contributed by atoms with Crippen molar-refractivity contribution in [3.63, 3.8) is 0 Å². The molecule has 0 radical (unpaired) electrons. The first-order valence-corrected chi connectivity index (χ1v) is 8.67. The molecule has 2 aromatic rings. The molecule has 2 rings (SSSR count). The number of hydrogen-bond acceptors (Lipinski definition) is 6. The van der Waals surface area contributed by atoms with Gasteiger partial charge >= 0.3 is 0 Å². The Morgan fingerprint density at radius 1 is 1.52 bits per heavy atom. The summed E-state index contributed by atoms with van der Waals surface area (Å²) in [7, 11) is -2.25. The van der Waals surface area contributed by atoms with Crippen molar-refractivity contribution in [2.24, 2.45) is 5.73 Å². The smallest absolute Gasteiger partial charge is 0.245 e. The van der Waals surface area contributed by atoms with Crippen LogP contribution in [0.2, 0.25) is 0 Å². The van der Waals surface area contributed by atoms with Crippen molar-refractivity contribution < 1.29 is 8.42 Å². The van der Waals surface area contributed by atoms with Gasteiger partial charge in [-0.05, 0) is 19.1 Å². The Morgan fingerprint density at radius 3 is 2.81 bits per heavy atom. The maximum Gasteiger partial charge on any atom is 0.245 e. The number of aromatic nitrogens is 2. The van der Waals surface area contributed by atoms with E-state index >= 15 is 0 Å². The third-order valence-electron chi connectivity index (χ3n) is 2.74. The lowest BCUT2D eigenvalue weighted by atomic mass is 10.3. The highest BCUT2D eigenvalue weighted by atomic mass is 32.2. The average molecular weight is 342 g/mol. The number of thiazole rings is 1. The van der Waals surface area contributed by atoms with E-state index < -0.39 is 10.0 Å². The van der Waals surface area contributed by atoms with Crippen LogP contribution >= 0.6 is 23.6 Å². The van der Waals surface area contributed by atoms with Crippen LogP contribution in [0.4, 0.5) is 0 Å². The van der Waals surface area contributed by atoms with Crippen molar-refractivity contribution in [3.8, 4) is 0 Å². The molecule has 9 heteroatoms. The Balaban J connectivity index is 2.35. The zero-order chi connectivity index (χ0) is 15.6. The molecule has 0 atom stereocenters. The van der Waals surface area contributed by atoms with Gasteiger partial charge in [0.05, 0.1) is 17.2 Å². The zero-order valence-electron chi connectivity index (χ0n) is 11.5. The maximum absolute atomic E-state index is 12.6. The molecule has 0 amide bonds. The molecule has 0 saturated heterocycles. The average Bonchev–Trinajstić information content (AvgIpc) is 2.84. The Hall–Kier alpha value is -1.42. The first-order valence-electron chi connectivity index (χ1n) is 5.94. The predicted molar refractivity (Wildman–Crippen MR) is 85.6 cm³/mol. The molecule has 2 aromatic heterocycles. The molecular weight excluding hydrogens is 328 g/mol. The van der Waals surface area contributed by atoms with Crippen LogP contribution in [-0.2, 0) is 16.6 Å². The summed E-state index contributed by atoms with van der Waals surface area (Å²) in [5, 5.41) is 2.72. The Morgan fingerprint density at radius 2 is 2.24 bits per heavy atom. The summed E-state index contributed by atoms with van der Waals surface area (Å²) in [4.78, 5) is 8.17. The van der Waals surface area contributed by atoms with E-state index in [1.807, 2.05) is 12.3 Å². The van der Waals surface area contributed by atoms with Crippen LogP contribution in [0, 0.1) is 6.92 Å². The van der Waals surface area contributed by atoms with Crippen LogP contribution in [0.1, 0.15) is 16.4 Å². The van der Waals surface area contributed by atoms with E-state index in [0.29, 0.717) is 5.69 Å². The molecule has 21 heavy (non-hydrogen) atoms. The number of rotatable bonds is 5. The fraction of sp³-hybridized carbons (Fsp3) is 0.250. The third-order valence-corrected chi connectivity index (χ3v) is 5.59. The summed E-state index contributed by atoms with van der Waals surface area (Å²) in [6.07, 6.45) is 1.46. The number of nitrogens with zero attached hydrogens (tertiary/aromatic N) is 3. The fourth-order valence-electron chi connectivity index (χ4n) is 1.75. The number of thiocarbonyl (C=S) groups is 1. The van der Waals surface area contributed by atoms with Crippen LogP contribution in [0.5, 0.6) is 0 Å². The molecule has 0 aliphatic rings. The topological polar surface area (TPSA) is 89.2 Å². The van der Waals surface area contributed by atoms with Gasteiger partial charge in [0.2, 0.25) is 10.0 Å². The Labute approximate surface area is 132 Å². The normalized spacial score (nSPS) is 11.8. The van der Waals surface area contributed by atoms with E-state index in [9.17, 15) is 8.42 Å². The largest absolute Gasteiger partial charge is 0.388 e. The molecule has 0 saturated carbocycles. The molecule has 2 N–H and O–H groups in total. The van der Waals surface area contributed by atoms with Gasteiger partial charge in [-0.2, -0.15) is 4.31 Å². The summed E-state index contributed by atoms with van der Waals surface area (Å²) in [6, 6.07) is 2.98. The Bertz CT molecular complexity index is 770. The van der Waals surface area contributed by atoms with E-state index in [1.165, 1.54) is 41.0 Å². The van der Waals surface area contributed by atoms with E-state index in [2.05, 4.69) is 9.97 Å². The molecule has 0 fully saturated rings. The van der Waals surface area contributed by atoms with Crippen molar-refractivity contribution in [1.29, 1.82) is 0 Å². The second kappa shape index (κ2) is 6.14. The molecule has 0 aliphatic heterocycles. The fourth-order valence-corrected chi connectivity index (χ4v) is 3.87. The zero-order valence-corrected chi connectivity index (χ0v) is 13.9. The lowest BCUT2D eigenvalue weighted by Crippen LogP contribution is -2.29. The minimum absolute atomic E-state index is 0.00644. The first kappa shape index (κ1) is 16.0. The molecular formula is C12H14N4O2S3. The molecule has 0 unspecified atom stereocenters. The summed E-state index contributed by atoms with van der Waals surface area (Å²) in [5.74, 6) is 0. The molecule has 112 valence electrons. The molecule has 0 aliphatic carbocycles. The summed E-state index contributed by atoms with van der Waals surface area (Å²) < 4.78 is 26.4. The molecule has 0 bridgehead atoms. The highest BCUT2D eigenvalue weighted by Crippen LogP contribution is 2.20. The predicted octanol–water partition coefficient (Wildman–Crippen LogP) is 1.30. The number of sulfonamides is 1. The van der Waals surface area contributed by atoms with Crippen LogP contribution in [-0.4, -0.2) is 34.7 Å². The minimum atomic E-state index is -3.74. The summed E-state index contributed by atoms with van der Waals surface area (Å²) >= 11 is 6.33. The van der Waals surface area contributed by atoms with Gasteiger partial charge in [-0.25, -0.2) is 13.4 Å². The van der Waals surface area contributed by atoms with E-state index in [-0.39, 0.29) is 22.1 Å². The highest BCUT2D eigenvalue weighted by molar-refractivity contribution is 7.89. The van der Waals surface area contributed by atoms with Crippen molar-refractivity contribution >= 4 is 38.6 Å². The van der Waals surface area contributed by atoms with Gasteiger partial charge in [0.1, 0.15) is 15.6 Å². The van der Waals surface area contributed by atoms with E-state index in [0.717, 1.165) is 5.01 Å². The van der Waals surface area contributed by atoms with Crippen LogP contribution in [0.3, 0.4) is 0 Å². The van der Waals surface area contributed by atoms with Crippen LogP contribution in [0.25, 0.3) is 0 Å². The first-order chi connectivity index (χ1) is 9.82. The number of nitrogens with two attached hydrogens (primary N) is 1. The van der Waals surface area contributed by atoms with Gasteiger partial charge in [0.15, 0.2) is 0 Å². The molecule has 0 aromatic carbocycles. The highest BCUT2D eigenvalue weighted by Gasteiger charge is 2.26. The van der Waals surface area contributed by atoms with Gasteiger partial charge in [-0.3, -0.25) is 4.98 Å². The summed E-state index contributed by atoms with van der Waals surface area (Å²) in [5.41, 5.74) is 6.35. The van der Waals surface area contributed by atoms with Gasteiger partial charge in [-0.15, -0.1) is 11.3 Å². The second-order valence-corrected chi connectivity index (χ2v) is 7.85. The molecule has 0 spiro atoms. The monoisotopic (exact) mass is 342 g/mol. The van der Waals surface area contributed by atoms with Gasteiger partial charge < -0.3 is 5.73 Å². The van der Waals surface area contributed by atoms with Gasteiger partial charge in [0.25, 0.3) is 0 Å². The quantitative estimate of drug-likeness (QED) is 0.824. The van der Waals surface area contributed by atoms with Crippen molar-refractivity contribution in [2.45, 2.75) is 18.4 Å². The minimum Gasteiger partial charge on any atom is -0.388 e. The van der Waals surface area contributed by atoms with E-state index in [4.69, 9.17) is 18.0 Å².